The van der Waals surface area contributed by atoms with Gasteiger partial charge in [-0.05, 0) is 24.8 Å². The SMILES string of the molecule is COc1c(Cl)ccnc1C(CO)C1CC1. The molecule has 0 aromatic carbocycles. The third-order valence-electron chi connectivity index (χ3n) is 2.83. The molecule has 0 amide bonds. The first kappa shape index (κ1) is 10.7. The zero-order valence-corrected chi connectivity index (χ0v) is 9.37. The van der Waals surface area contributed by atoms with Crippen molar-refractivity contribution in [1.82, 2.24) is 4.98 Å². The van der Waals surface area contributed by atoms with Gasteiger partial charge in [0, 0.05) is 12.1 Å². The summed E-state index contributed by atoms with van der Waals surface area (Å²) in [5.41, 5.74) is 0.787. The lowest BCUT2D eigenvalue weighted by atomic mass is 9.99. The molecule has 1 aromatic heterocycles. The maximum Gasteiger partial charge on any atom is 0.159 e. The Morgan fingerprint density at radius 3 is 2.93 bits per heavy atom. The predicted molar refractivity (Wildman–Crippen MR) is 58.3 cm³/mol. The quantitative estimate of drug-likeness (QED) is 0.858. The van der Waals surface area contributed by atoms with E-state index in [9.17, 15) is 5.11 Å². The number of hydrogen-bond acceptors (Lipinski definition) is 3. The molecule has 1 heterocycles. The van der Waals surface area contributed by atoms with Crippen LogP contribution in [0.25, 0.3) is 0 Å². The summed E-state index contributed by atoms with van der Waals surface area (Å²) in [7, 11) is 1.58. The van der Waals surface area contributed by atoms with E-state index in [1.54, 1.807) is 19.4 Å². The van der Waals surface area contributed by atoms with Crippen molar-refractivity contribution in [2.24, 2.45) is 5.92 Å². The lowest BCUT2D eigenvalue weighted by Gasteiger charge is -2.16. The molecule has 0 bridgehead atoms. The van der Waals surface area contributed by atoms with Gasteiger partial charge in [-0.1, -0.05) is 11.6 Å². The number of rotatable bonds is 4. The molecule has 1 unspecified atom stereocenters. The molecular weight excluding hydrogens is 214 g/mol. The lowest BCUT2D eigenvalue weighted by molar-refractivity contribution is 0.247. The Kier molecular flexibility index (Phi) is 3.12. The smallest absolute Gasteiger partial charge is 0.159 e. The number of hydrogen-bond donors (Lipinski definition) is 1. The lowest BCUT2D eigenvalue weighted by Crippen LogP contribution is -2.10. The van der Waals surface area contributed by atoms with Gasteiger partial charge in [-0.25, -0.2) is 0 Å². The fourth-order valence-electron chi connectivity index (χ4n) is 1.86. The number of halogens is 1. The molecule has 1 aromatic rings. The van der Waals surface area contributed by atoms with E-state index in [0.717, 1.165) is 18.5 Å². The van der Waals surface area contributed by atoms with E-state index in [-0.39, 0.29) is 12.5 Å². The van der Waals surface area contributed by atoms with Crippen LogP contribution in [0, 0.1) is 5.92 Å². The van der Waals surface area contributed by atoms with Gasteiger partial charge in [0.2, 0.25) is 0 Å². The summed E-state index contributed by atoms with van der Waals surface area (Å²) < 4.78 is 5.23. The molecule has 0 aliphatic heterocycles. The molecule has 1 aliphatic carbocycles. The van der Waals surface area contributed by atoms with Gasteiger partial charge >= 0.3 is 0 Å². The van der Waals surface area contributed by atoms with Crippen LogP contribution >= 0.6 is 11.6 Å². The van der Waals surface area contributed by atoms with Gasteiger partial charge in [0.25, 0.3) is 0 Å². The van der Waals surface area contributed by atoms with Gasteiger partial charge in [-0.2, -0.15) is 0 Å². The van der Waals surface area contributed by atoms with E-state index in [2.05, 4.69) is 4.98 Å². The zero-order chi connectivity index (χ0) is 10.8. The minimum absolute atomic E-state index is 0.0682. The molecule has 2 rings (SSSR count). The molecule has 1 saturated carbocycles. The highest BCUT2D eigenvalue weighted by atomic mass is 35.5. The van der Waals surface area contributed by atoms with Gasteiger partial charge in [0.05, 0.1) is 24.4 Å². The van der Waals surface area contributed by atoms with Crippen LogP contribution in [0.5, 0.6) is 5.75 Å². The molecule has 82 valence electrons. The van der Waals surface area contributed by atoms with Crippen LogP contribution < -0.4 is 4.74 Å². The van der Waals surface area contributed by atoms with Crippen molar-refractivity contribution in [3.63, 3.8) is 0 Å². The van der Waals surface area contributed by atoms with Crippen LogP contribution in [0.3, 0.4) is 0 Å². The molecule has 0 spiro atoms. The Morgan fingerprint density at radius 2 is 2.40 bits per heavy atom. The molecule has 15 heavy (non-hydrogen) atoms. The fourth-order valence-corrected chi connectivity index (χ4v) is 2.09. The highest BCUT2D eigenvalue weighted by Crippen LogP contribution is 2.45. The van der Waals surface area contributed by atoms with Crippen molar-refractivity contribution in [2.45, 2.75) is 18.8 Å². The summed E-state index contributed by atoms with van der Waals surface area (Å²) in [6.45, 7) is 0.106. The summed E-state index contributed by atoms with van der Waals surface area (Å²) in [4.78, 5) is 4.27. The van der Waals surface area contributed by atoms with Crippen LogP contribution in [-0.2, 0) is 0 Å². The topological polar surface area (TPSA) is 42.4 Å². The van der Waals surface area contributed by atoms with Crippen molar-refractivity contribution in [3.8, 4) is 5.75 Å². The number of ether oxygens (including phenoxy) is 1. The van der Waals surface area contributed by atoms with Gasteiger partial charge in [-0.15, -0.1) is 0 Å². The molecule has 1 aliphatic rings. The maximum absolute atomic E-state index is 9.36. The normalized spacial score (nSPS) is 17.5. The molecule has 0 radical (unpaired) electrons. The molecule has 3 nitrogen and oxygen atoms in total. The van der Waals surface area contributed by atoms with Crippen molar-refractivity contribution in [2.75, 3.05) is 13.7 Å². The fraction of sp³-hybridized carbons (Fsp3) is 0.545. The van der Waals surface area contributed by atoms with E-state index >= 15 is 0 Å². The van der Waals surface area contributed by atoms with Gasteiger partial charge < -0.3 is 9.84 Å². The van der Waals surface area contributed by atoms with E-state index in [4.69, 9.17) is 16.3 Å². The summed E-state index contributed by atoms with van der Waals surface area (Å²) in [6.07, 6.45) is 3.97. The Labute approximate surface area is 94.0 Å². The van der Waals surface area contributed by atoms with Crippen LogP contribution in [0.4, 0.5) is 0 Å². The van der Waals surface area contributed by atoms with Crippen molar-refractivity contribution in [1.29, 1.82) is 0 Å². The van der Waals surface area contributed by atoms with E-state index in [0.29, 0.717) is 16.7 Å². The highest BCUT2D eigenvalue weighted by molar-refractivity contribution is 6.32. The first-order chi connectivity index (χ1) is 7.27. The van der Waals surface area contributed by atoms with Crippen LogP contribution in [0.1, 0.15) is 24.5 Å². The van der Waals surface area contributed by atoms with Gasteiger partial charge in [0.1, 0.15) is 0 Å². The number of aromatic nitrogens is 1. The Bertz CT molecular complexity index is 352. The van der Waals surface area contributed by atoms with Crippen LogP contribution in [0.2, 0.25) is 5.02 Å². The largest absolute Gasteiger partial charge is 0.493 e. The van der Waals surface area contributed by atoms with Crippen molar-refractivity contribution >= 4 is 11.6 Å². The maximum atomic E-state index is 9.36. The molecular formula is C11H14ClNO2. The zero-order valence-electron chi connectivity index (χ0n) is 8.61. The van der Waals surface area contributed by atoms with E-state index in [1.807, 2.05) is 0 Å². The van der Waals surface area contributed by atoms with Crippen molar-refractivity contribution in [3.05, 3.63) is 23.0 Å². The average molecular weight is 228 g/mol. The minimum Gasteiger partial charge on any atom is -0.493 e. The second-order valence-electron chi connectivity index (χ2n) is 3.84. The predicted octanol–water partition coefficient (Wildman–Crippen LogP) is 2.23. The Balaban J connectivity index is 2.36. The van der Waals surface area contributed by atoms with Gasteiger partial charge in [0.15, 0.2) is 5.75 Å². The summed E-state index contributed by atoms with van der Waals surface area (Å²) in [5.74, 6) is 1.21. The molecule has 1 fully saturated rings. The minimum atomic E-state index is 0.0682. The van der Waals surface area contributed by atoms with E-state index < -0.39 is 0 Å². The Hall–Kier alpha value is -0.800. The average Bonchev–Trinajstić information content (AvgIpc) is 3.04. The summed E-state index contributed by atoms with van der Waals surface area (Å²) in [6, 6.07) is 1.70. The monoisotopic (exact) mass is 227 g/mol. The van der Waals surface area contributed by atoms with E-state index in [1.165, 1.54) is 0 Å². The third-order valence-corrected chi connectivity index (χ3v) is 3.12. The number of pyridine rings is 1. The number of nitrogens with zero attached hydrogens (tertiary/aromatic N) is 1. The first-order valence-electron chi connectivity index (χ1n) is 5.07. The Morgan fingerprint density at radius 1 is 1.67 bits per heavy atom. The van der Waals surface area contributed by atoms with Crippen LogP contribution in [0.15, 0.2) is 12.3 Å². The number of methoxy groups -OCH3 is 1. The number of aliphatic hydroxyl groups excluding tert-OH is 1. The van der Waals surface area contributed by atoms with Crippen molar-refractivity contribution < 1.29 is 9.84 Å². The molecule has 4 heteroatoms. The standard InChI is InChI=1S/C11H14ClNO2/c1-15-11-9(12)4-5-13-10(11)8(6-14)7-2-3-7/h4-5,7-8,14H,2-3,6H2,1H3. The van der Waals surface area contributed by atoms with Gasteiger partial charge in [-0.3, -0.25) is 4.98 Å². The summed E-state index contributed by atoms with van der Waals surface area (Å²) in [5, 5.41) is 9.92. The van der Waals surface area contributed by atoms with Crippen LogP contribution in [-0.4, -0.2) is 23.8 Å². The first-order valence-corrected chi connectivity index (χ1v) is 5.45. The molecule has 0 saturated heterocycles. The molecule has 1 N–H and O–H groups in total. The summed E-state index contributed by atoms with van der Waals surface area (Å²) >= 11 is 6.01. The highest BCUT2D eigenvalue weighted by Gasteiger charge is 2.34. The molecule has 1 atom stereocenters. The second-order valence-corrected chi connectivity index (χ2v) is 4.24. The third kappa shape index (κ3) is 2.08. The number of aliphatic hydroxyl groups is 1. The second kappa shape index (κ2) is 4.37.